The summed E-state index contributed by atoms with van der Waals surface area (Å²) in [6, 6.07) is 0. The van der Waals surface area contributed by atoms with Crippen molar-refractivity contribution in [3.63, 3.8) is 0 Å². The van der Waals surface area contributed by atoms with Gasteiger partial charge >= 0.3 is 6.18 Å². The molecule has 1 aliphatic rings. The summed E-state index contributed by atoms with van der Waals surface area (Å²) < 4.78 is 56.7. The zero-order chi connectivity index (χ0) is 12.9. The number of halogens is 3. The molecule has 1 heterocycles. The molecule has 1 aliphatic heterocycles. The van der Waals surface area contributed by atoms with E-state index in [2.05, 4.69) is 9.05 Å². The molecule has 0 aliphatic carbocycles. The zero-order valence-corrected chi connectivity index (χ0v) is 10.1. The van der Waals surface area contributed by atoms with Crippen LogP contribution < -0.4 is 4.89 Å². The van der Waals surface area contributed by atoms with Crippen LogP contribution in [0.5, 0.6) is 0 Å². The summed E-state index contributed by atoms with van der Waals surface area (Å²) in [6.07, 6.45) is -4.38. The lowest BCUT2D eigenvalue weighted by Gasteiger charge is -2.29. The summed E-state index contributed by atoms with van der Waals surface area (Å²) in [5, 5.41) is 0. The molecule has 0 spiro atoms. The SMILES string of the molecule is O=P1([O-])OCCCCCCC(CC(F)(F)F)O1. The van der Waals surface area contributed by atoms with Gasteiger partial charge in [0.25, 0.3) is 7.82 Å². The fraction of sp³-hybridized carbons (Fsp3) is 1.00. The first-order valence-corrected chi connectivity index (χ1v) is 6.95. The van der Waals surface area contributed by atoms with Crippen LogP contribution in [-0.4, -0.2) is 18.9 Å². The van der Waals surface area contributed by atoms with Crippen molar-refractivity contribution in [2.24, 2.45) is 0 Å². The van der Waals surface area contributed by atoms with Crippen LogP contribution in [0.2, 0.25) is 0 Å². The Balaban J connectivity index is 2.60. The van der Waals surface area contributed by atoms with Crippen LogP contribution in [0.25, 0.3) is 0 Å². The maximum absolute atomic E-state index is 12.2. The second-order valence-corrected chi connectivity index (χ2v) is 5.39. The smallest absolute Gasteiger partial charge is 0.391 e. The minimum atomic E-state index is -4.60. The van der Waals surface area contributed by atoms with Gasteiger partial charge in [0.1, 0.15) is 0 Å². The van der Waals surface area contributed by atoms with E-state index >= 15 is 0 Å². The minimum absolute atomic E-state index is 0.0283. The number of hydrogen-bond donors (Lipinski definition) is 0. The first kappa shape index (κ1) is 15.0. The fourth-order valence-electron chi connectivity index (χ4n) is 1.67. The average Bonchev–Trinajstić information content (AvgIpc) is 2.12. The lowest BCUT2D eigenvalue weighted by Crippen LogP contribution is -2.25. The Morgan fingerprint density at radius 3 is 2.53 bits per heavy atom. The van der Waals surface area contributed by atoms with E-state index in [1.165, 1.54) is 0 Å². The largest absolute Gasteiger partial charge is 0.756 e. The molecule has 0 amide bonds. The summed E-state index contributed by atoms with van der Waals surface area (Å²) >= 11 is 0. The number of hydrogen-bond acceptors (Lipinski definition) is 4. The van der Waals surface area contributed by atoms with E-state index in [-0.39, 0.29) is 13.0 Å². The van der Waals surface area contributed by atoms with E-state index in [0.29, 0.717) is 12.8 Å². The second kappa shape index (κ2) is 6.18. The molecule has 0 aromatic rings. The molecular formula is C9H15F3O4P-. The van der Waals surface area contributed by atoms with Gasteiger partial charge in [-0.05, 0) is 12.8 Å². The van der Waals surface area contributed by atoms with E-state index in [4.69, 9.17) is 0 Å². The predicted octanol–water partition coefficient (Wildman–Crippen LogP) is 2.77. The average molecular weight is 275 g/mol. The molecule has 0 saturated carbocycles. The molecule has 102 valence electrons. The molecule has 1 fully saturated rings. The molecule has 1 saturated heterocycles. The van der Waals surface area contributed by atoms with Gasteiger partial charge in [-0.3, -0.25) is 4.57 Å². The van der Waals surface area contributed by atoms with Crippen LogP contribution in [0.4, 0.5) is 13.2 Å². The molecule has 1 rings (SSSR count). The van der Waals surface area contributed by atoms with Gasteiger partial charge in [0.2, 0.25) is 0 Å². The molecule has 2 unspecified atom stereocenters. The van der Waals surface area contributed by atoms with Gasteiger partial charge in [-0.1, -0.05) is 19.3 Å². The van der Waals surface area contributed by atoms with Crippen LogP contribution >= 0.6 is 7.82 Å². The standard InChI is InChI=1S/C9H16F3O4P/c10-9(11,12)7-8-5-3-1-2-4-6-15-17(13,14)16-8/h8H,1-7H2,(H,13,14)/p-1. The molecule has 0 bridgehead atoms. The van der Waals surface area contributed by atoms with Gasteiger partial charge in [-0.15, -0.1) is 0 Å². The Bertz CT molecular complexity index is 282. The maximum atomic E-state index is 12.2. The van der Waals surface area contributed by atoms with Crippen molar-refractivity contribution in [3.8, 4) is 0 Å². The highest BCUT2D eigenvalue weighted by Crippen LogP contribution is 2.43. The maximum Gasteiger partial charge on any atom is 0.391 e. The molecule has 17 heavy (non-hydrogen) atoms. The Hall–Kier alpha value is -0.100. The van der Waals surface area contributed by atoms with E-state index < -0.39 is 26.5 Å². The highest BCUT2D eigenvalue weighted by molar-refractivity contribution is 7.45. The number of phosphoric ester groups is 1. The monoisotopic (exact) mass is 275 g/mol. The van der Waals surface area contributed by atoms with Crippen LogP contribution in [0.3, 0.4) is 0 Å². The zero-order valence-electron chi connectivity index (χ0n) is 9.24. The van der Waals surface area contributed by atoms with Crippen LogP contribution in [0.1, 0.15) is 38.5 Å². The third-order valence-electron chi connectivity index (χ3n) is 2.41. The lowest BCUT2D eigenvalue weighted by molar-refractivity contribution is -0.235. The van der Waals surface area contributed by atoms with Gasteiger partial charge in [0.15, 0.2) is 0 Å². The summed E-state index contributed by atoms with van der Waals surface area (Å²) in [7, 11) is -4.60. The second-order valence-electron chi connectivity index (χ2n) is 4.03. The third-order valence-corrected chi connectivity index (χ3v) is 3.46. The van der Waals surface area contributed by atoms with Gasteiger partial charge in [-0.25, -0.2) is 0 Å². The molecule has 2 atom stereocenters. The Morgan fingerprint density at radius 2 is 1.88 bits per heavy atom. The van der Waals surface area contributed by atoms with Crippen molar-refractivity contribution < 1.29 is 31.7 Å². The van der Waals surface area contributed by atoms with Gasteiger partial charge in [0.05, 0.1) is 19.1 Å². The first-order valence-electron chi connectivity index (χ1n) is 5.49. The minimum Gasteiger partial charge on any atom is -0.756 e. The Labute approximate surface area is 97.7 Å². The molecule has 0 aromatic carbocycles. The van der Waals surface area contributed by atoms with Crippen molar-refractivity contribution in [1.82, 2.24) is 0 Å². The first-order chi connectivity index (χ1) is 7.79. The van der Waals surface area contributed by atoms with Gasteiger partial charge < -0.3 is 13.9 Å². The van der Waals surface area contributed by atoms with Crippen molar-refractivity contribution in [3.05, 3.63) is 0 Å². The molecule has 0 N–H and O–H groups in total. The van der Waals surface area contributed by atoms with Gasteiger partial charge in [-0.2, -0.15) is 13.2 Å². The number of alkyl halides is 3. The number of rotatable bonds is 1. The molecule has 8 heteroatoms. The van der Waals surface area contributed by atoms with E-state index in [1.54, 1.807) is 0 Å². The highest BCUT2D eigenvalue weighted by atomic mass is 31.2. The topological polar surface area (TPSA) is 58.6 Å². The fourth-order valence-corrected chi connectivity index (χ4v) is 2.63. The van der Waals surface area contributed by atoms with Crippen molar-refractivity contribution >= 4 is 7.82 Å². The van der Waals surface area contributed by atoms with Crippen molar-refractivity contribution in [2.45, 2.75) is 50.8 Å². The molecule has 0 radical (unpaired) electrons. The third kappa shape index (κ3) is 7.03. The molecular weight excluding hydrogens is 260 g/mol. The predicted molar refractivity (Wildman–Crippen MR) is 52.2 cm³/mol. The van der Waals surface area contributed by atoms with Crippen LogP contribution in [0.15, 0.2) is 0 Å². The summed E-state index contributed by atoms with van der Waals surface area (Å²) in [4.78, 5) is 11.2. The normalized spacial score (nSPS) is 33.3. The highest BCUT2D eigenvalue weighted by Gasteiger charge is 2.34. The van der Waals surface area contributed by atoms with Gasteiger partial charge in [0, 0.05) is 0 Å². The Morgan fingerprint density at radius 1 is 1.24 bits per heavy atom. The lowest BCUT2D eigenvalue weighted by atomic mass is 10.1. The summed E-state index contributed by atoms with van der Waals surface area (Å²) in [5.41, 5.74) is 0. The van der Waals surface area contributed by atoms with Crippen LogP contribution in [0, 0.1) is 0 Å². The molecule has 0 aromatic heterocycles. The quantitative estimate of drug-likeness (QED) is 0.690. The van der Waals surface area contributed by atoms with Crippen molar-refractivity contribution in [2.75, 3.05) is 6.61 Å². The summed E-state index contributed by atoms with van der Waals surface area (Å²) in [6.45, 7) is -0.0283. The van der Waals surface area contributed by atoms with Crippen molar-refractivity contribution in [1.29, 1.82) is 0 Å². The summed E-state index contributed by atoms with van der Waals surface area (Å²) in [5.74, 6) is 0. The Kier molecular flexibility index (Phi) is 5.44. The van der Waals surface area contributed by atoms with E-state index in [9.17, 15) is 22.6 Å². The number of phosphoric acid groups is 1. The van der Waals surface area contributed by atoms with E-state index in [1.807, 2.05) is 0 Å². The molecule has 4 nitrogen and oxygen atoms in total. The van der Waals surface area contributed by atoms with E-state index in [0.717, 1.165) is 12.8 Å². The van der Waals surface area contributed by atoms with Crippen LogP contribution in [-0.2, 0) is 13.6 Å².